The van der Waals surface area contributed by atoms with Gasteiger partial charge < -0.3 is 24.6 Å². The molecule has 0 radical (unpaired) electrons. The van der Waals surface area contributed by atoms with E-state index in [-0.39, 0.29) is 23.8 Å². The van der Waals surface area contributed by atoms with E-state index in [4.69, 9.17) is 14.2 Å². The zero-order valence-electron chi connectivity index (χ0n) is 18.9. The maximum atomic E-state index is 12.2. The summed E-state index contributed by atoms with van der Waals surface area (Å²) in [6.07, 6.45) is 3.27. The topological polar surface area (TPSA) is 94.1 Å². The highest BCUT2D eigenvalue weighted by Crippen LogP contribution is 2.42. The fraction of sp³-hybridized carbons (Fsp3) is 0.360. The molecule has 0 atom stereocenters. The van der Waals surface area contributed by atoms with Gasteiger partial charge in [-0.3, -0.25) is 4.79 Å². The molecular formula is C25H29NO6. The number of methoxy groups -OCH3 is 2. The van der Waals surface area contributed by atoms with E-state index >= 15 is 0 Å². The Morgan fingerprint density at radius 3 is 2.56 bits per heavy atom. The number of aromatic hydroxyl groups is 1. The van der Waals surface area contributed by atoms with Gasteiger partial charge in [-0.2, -0.15) is 0 Å². The fourth-order valence-corrected chi connectivity index (χ4v) is 3.75. The zero-order chi connectivity index (χ0) is 23.3. The van der Waals surface area contributed by atoms with Gasteiger partial charge in [0.15, 0.2) is 0 Å². The lowest BCUT2D eigenvalue weighted by Crippen LogP contribution is -2.22. The molecule has 7 heteroatoms. The Morgan fingerprint density at radius 2 is 1.91 bits per heavy atom. The van der Waals surface area contributed by atoms with E-state index in [1.54, 1.807) is 14.2 Å². The highest BCUT2D eigenvalue weighted by atomic mass is 16.5. The average Bonchev–Trinajstić information content (AvgIpc) is 3.19. The van der Waals surface area contributed by atoms with Gasteiger partial charge in [-0.15, -0.1) is 0 Å². The molecule has 1 heterocycles. The molecule has 1 amide bonds. The van der Waals surface area contributed by atoms with Crippen molar-refractivity contribution in [2.75, 3.05) is 14.2 Å². The molecule has 2 N–H and O–H groups in total. The summed E-state index contributed by atoms with van der Waals surface area (Å²) in [6, 6.07) is 7.55. The Bertz CT molecular complexity index is 1040. The number of nitrogens with one attached hydrogen (secondary N) is 1. The second-order valence-electron chi connectivity index (χ2n) is 7.79. The molecule has 0 aromatic heterocycles. The van der Waals surface area contributed by atoms with Crippen molar-refractivity contribution in [3.8, 4) is 17.2 Å². The summed E-state index contributed by atoms with van der Waals surface area (Å²) in [6.45, 7) is 4.40. The first-order valence-corrected chi connectivity index (χ1v) is 10.5. The molecule has 0 bridgehead atoms. The van der Waals surface area contributed by atoms with E-state index in [0.717, 1.165) is 22.4 Å². The number of ether oxygens (including phenoxy) is 3. The largest absolute Gasteiger partial charge is 0.507 e. The van der Waals surface area contributed by atoms with Crippen LogP contribution in [0, 0.1) is 6.92 Å². The monoisotopic (exact) mass is 439 g/mol. The average molecular weight is 440 g/mol. The van der Waals surface area contributed by atoms with Crippen LogP contribution in [0.5, 0.6) is 17.2 Å². The molecular weight excluding hydrogens is 410 g/mol. The van der Waals surface area contributed by atoms with Gasteiger partial charge in [0.05, 0.1) is 14.2 Å². The predicted molar refractivity (Wildman–Crippen MR) is 120 cm³/mol. The van der Waals surface area contributed by atoms with E-state index in [9.17, 15) is 14.7 Å². The molecule has 170 valence electrons. The molecule has 0 spiro atoms. The Hall–Kier alpha value is -3.48. The first kappa shape index (κ1) is 23.2. The van der Waals surface area contributed by atoms with Crippen molar-refractivity contribution in [3.63, 3.8) is 0 Å². The van der Waals surface area contributed by atoms with Gasteiger partial charge in [-0.25, -0.2) is 4.79 Å². The molecule has 0 saturated heterocycles. The van der Waals surface area contributed by atoms with Crippen LogP contribution in [0.1, 0.15) is 52.4 Å². The number of amides is 1. The van der Waals surface area contributed by atoms with Gasteiger partial charge in [-0.1, -0.05) is 23.8 Å². The minimum absolute atomic E-state index is 0.0369. The van der Waals surface area contributed by atoms with Crippen molar-refractivity contribution in [2.45, 2.75) is 46.3 Å². The van der Waals surface area contributed by atoms with Crippen LogP contribution in [0.2, 0.25) is 0 Å². The number of fused-ring (bicyclic) bond motifs is 1. The third kappa shape index (κ3) is 5.04. The number of hydrogen-bond donors (Lipinski definition) is 2. The number of benzene rings is 2. The van der Waals surface area contributed by atoms with E-state index in [1.807, 2.05) is 44.2 Å². The van der Waals surface area contributed by atoms with Crippen molar-refractivity contribution >= 4 is 11.9 Å². The number of phenolic OH excluding ortho intramolecular Hbond substituents is 1. The summed E-state index contributed by atoms with van der Waals surface area (Å²) in [5.41, 5.74) is 4.24. The second-order valence-corrected chi connectivity index (χ2v) is 7.79. The number of rotatable bonds is 9. The number of allylic oxidation sites excluding steroid dienone is 2. The SMILES string of the molecule is COc1ccc(CNC(=O)CC/C(C)=C/Cc2c(O)c3c(c(C)c2OC)COC3=O)cc1. The van der Waals surface area contributed by atoms with Crippen LogP contribution in [0.4, 0.5) is 0 Å². The van der Waals surface area contributed by atoms with Gasteiger partial charge in [0.1, 0.15) is 29.4 Å². The van der Waals surface area contributed by atoms with Gasteiger partial charge in [0.25, 0.3) is 0 Å². The van der Waals surface area contributed by atoms with Crippen molar-refractivity contribution < 1.29 is 28.9 Å². The van der Waals surface area contributed by atoms with Crippen LogP contribution in [0.3, 0.4) is 0 Å². The Labute approximate surface area is 188 Å². The van der Waals surface area contributed by atoms with Crippen molar-refractivity contribution in [1.82, 2.24) is 5.32 Å². The third-order valence-corrected chi connectivity index (χ3v) is 5.70. The molecule has 32 heavy (non-hydrogen) atoms. The van der Waals surface area contributed by atoms with Crippen LogP contribution in [-0.2, 0) is 29.1 Å². The van der Waals surface area contributed by atoms with Gasteiger partial charge >= 0.3 is 5.97 Å². The lowest BCUT2D eigenvalue weighted by atomic mass is 9.94. The van der Waals surface area contributed by atoms with Gasteiger partial charge in [0, 0.05) is 24.1 Å². The van der Waals surface area contributed by atoms with E-state index in [2.05, 4.69) is 5.32 Å². The standard InChI is InChI=1S/C25H29NO6/c1-15(6-12-21(27)26-13-17-7-9-18(30-3)10-8-17)5-11-19-23(28)22-20(14-32-25(22)29)16(2)24(19)31-4/h5,7-10,28H,6,11-14H2,1-4H3,(H,26,27)/b15-5+. The van der Waals surface area contributed by atoms with Crippen LogP contribution >= 0.6 is 0 Å². The number of cyclic esters (lactones) is 1. The number of phenols is 1. The quantitative estimate of drug-likeness (QED) is 0.454. The lowest BCUT2D eigenvalue weighted by Gasteiger charge is -2.15. The van der Waals surface area contributed by atoms with Gasteiger partial charge in [0.2, 0.25) is 5.91 Å². The van der Waals surface area contributed by atoms with Crippen molar-refractivity contribution in [3.05, 3.63) is 63.7 Å². The van der Waals surface area contributed by atoms with Crippen LogP contribution in [-0.4, -0.2) is 31.2 Å². The van der Waals surface area contributed by atoms with E-state index in [0.29, 0.717) is 42.7 Å². The molecule has 2 aromatic carbocycles. The number of esters is 1. The van der Waals surface area contributed by atoms with Crippen molar-refractivity contribution in [2.24, 2.45) is 0 Å². The number of hydrogen-bond acceptors (Lipinski definition) is 6. The van der Waals surface area contributed by atoms with E-state index in [1.165, 1.54) is 0 Å². The molecule has 3 rings (SSSR count). The zero-order valence-corrected chi connectivity index (χ0v) is 18.9. The normalized spacial score (nSPS) is 12.9. The van der Waals surface area contributed by atoms with Gasteiger partial charge in [-0.05, 0) is 49.9 Å². The lowest BCUT2D eigenvalue weighted by molar-refractivity contribution is -0.121. The summed E-state index contributed by atoms with van der Waals surface area (Å²) in [5, 5.41) is 13.6. The molecule has 2 aromatic rings. The maximum absolute atomic E-state index is 12.2. The molecule has 0 saturated carbocycles. The smallest absolute Gasteiger partial charge is 0.342 e. The maximum Gasteiger partial charge on any atom is 0.342 e. The number of carbonyl (C=O) groups excluding carboxylic acids is 2. The first-order chi connectivity index (χ1) is 15.3. The third-order valence-electron chi connectivity index (χ3n) is 5.70. The summed E-state index contributed by atoms with van der Waals surface area (Å²) < 4.78 is 15.7. The Balaban J connectivity index is 1.59. The molecule has 7 nitrogen and oxygen atoms in total. The molecule has 0 aliphatic carbocycles. The molecule has 0 unspecified atom stereocenters. The summed E-state index contributed by atoms with van der Waals surface area (Å²) >= 11 is 0. The first-order valence-electron chi connectivity index (χ1n) is 10.5. The van der Waals surface area contributed by atoms with Crippen LogP contribution in [0.15, 0.2) is 35.9 Å². The van der Waals surface area contributed by atoms with Crippen LogP contribution in [0.25, 0.3) is 0 Å². The second kappa shape index (κ2) is 10.2. The molecule has 1 aliphatic heterocycles. The summed E-state index contributed by atoms with van der Waals surface area (Å²) in [4.78, 5) is 24.2. The van der Waals surface area contributed by atoms with Crippen molar-refractivity contribution in [1.29, 1.82) is 0 Å². The molecule has 1 aliphatic rings. The minimum atomic E-state index is -0.515. The van der Waals surface area contributed by atoms with E-state index < -0.39 is 5.97 Å². The summed E-state index contributed by atoms with van der Waals surface area (Å²) in [7, 11) is 3.16. The predicted octanol–water partition coefficient (Wildman–Crippen LogP) is 3.97. The Morgan fingerprint density at radius 1 is 1.19 bits per heavy atom. The Kier molecular flexibility index (Phi) is 7.41. The highest BCUT2D eigenvalue weighted by molar-refractivity contribution is 5.98. The number of carbonyl (C=O) groups is 2. The minimum Gasteiger partial charge on any atom is -0.507 e. The highest BCUT2D eigenvalue weighted by Gasteiger charge is 2.31. The molecule has 0 fully saturated rings. The summed E-state index contributed by atoms with van der Waals surface area (Å²) in [5.74, 6) is 0.690. The fourth-order valence-electron chi connectivity index (χ4n) is 3.75. The van der Waals surface area contributed by atoms with Crippen LogP contribution < -0.4 is 14.8 Å².